The Bertz CT molecular complexity index is 1930. The fraction of sp³-hybridized carbons (Fsp3) is 0.810. The van der Waals surface area contributed by atoms with Gasteiger partial charge in [-0.1, -0.05) is 103 Å². The molecule has 2 heterocycles. The zero-order valence-electron chi connectivity index (χ0n) is 52.8. The number of hydrogen-bond donors (Lipinski definition) is 5. The summed E-state index contributed by atoms with van der Waals surface area (Å²) < 4.78 is 17.9. The summed E-state index contributed by atoms with van der Waals surface area (Å²) in [4.78, 5) is 153. The summed E-state index contributed by atoms with van der Waals surface area (Å²) in [6, 6.07) is 0. The molecule has 24 heteroatoms. The molecule has 0 aliphatic carbocycles. The summed E-state index contributed by atoms with van der Waals surface area (Å²) >= 11 is 0. The van der Waals surface area contributed by atoms with Crippen LogP contribution in [0, 0.1) is 5.41 Å². The third kappa shape index (κ3) is 42.6. The van der Waals surface area contributed by atoms with Crippen molar-refractivity contribution in [3.63, 3.8) is 0 Å². The van der Waals surface area contributed by atoms with Crippen molar-refractivity contribution in [2.24, 2.45) is 5.41 Å². The Balaban J connectivity index is 1.53. The second-order valence-corrected chi connectivity index (χ2v) is 23.3. The van der Waals surface area contributed by atoms with E-state index in [4.69, 9.17) is 23.9 Å². The molecular formula is C63H107N7O17. The van der Waals surface area contributed by atoms with Crippen LogP contribution in [-0.4, -0.2) is 153 Å². The fourth-order valence-electron chi connectivity index (χ4n) is 9.53. The van der Waals surface area contributed by atoms with E-state index < -0.39 is 41.0 Å². The maximum absolute atomic E-state index is 12.6. The van der Waals surface area contributed by atoms with Crippen molar-refractivity contribution in [1.29, 1.82) is 0 Å². The van der Waals surface area contributed by atoms with Gasteiger partial charge >= 0.3 is 11.9 Å². The number of unbranched alkanes of at least 4 members (excludes halogenated alkanes) is 20. The summed E-state index contributed by atoms with van der Waals surface area (Å²) in [7, 11) is 0. The van der Waals surface area contributed by atoms with Crippen LogP contribution in [0.15, 0.2) is 0 Å². The number of hydroxylamine groups is 4. The standard InChI is InChI=1S/C63H107N7O17/c1-51(71)28-18-8-3-13-25-42-66-54(74)37-45-83-48-63(2,49-84-46-38-55(75)67-43-26-14-4-9-19-29-52(72)64-40-23-16-6-11-21-31-61(81)86-69-57(77)33-34-58(69)78)50-85-47-39-56(76)68-44-27-15-5-10-20-30-53(73)65-41-24-17-7-12-22-32-62(82)87-70-59(79)35-36-60(70)80/h3-50H2,1-2H3,(H,64,72)(H,65,73)(H,66,74)(H,67,75)(H,68,76). The lowest BCUT2D eigenvalue weighted by Crippen LogP contribution is -2.36. The van der Waals surface area contributed by atoms with Crippen LogP contribution >= 0.6 is 0 Å². The molecule has 0 atom stereocenters. The van der Waals surface area contributed by atoms with Crippen LogP contribution in [0.25, 0.3) is 0 Å². The Morgan fingerprint density at radius 3 is 0.839 bits per heavy atom. The monoisotopic (exact) mass is 1230 g/mol. The molecule has 2 fully saturated rings. The normalized spacial score (nSPS) is 13.3. The number of carbonyl (C=O) groups excluding carboxylic acids is 12. The molecule has 87 heavy (non-hydrogen) atoms. The van der Waals surface area contributed by atoms with Crippen molar-refractivity contribution in [3.8, 4) is 0 Å². The third-order valence-electron chi connectivity index (χ3n) is 14.8. The van der Waals surface area contributed by atoms with Gasteiger partial charge in [0, 0.05) is 115 Å². The SMILES string of the molecule is CC(=O)CCCCCCCNC(=O)CCOCC(C)(COCCC(=O)NCCCCCCCC(=O)NCCCCCCCC(=O)ON1C(=O)CCC1=O)COCCC(=O)NCCCCCCCC(=O)NCCCCCCCC(=O)ON1C(=O)CCC1=O. The van der Waals surface area contributed by atoms with E-state index in [9.17, 15) is 57.5 Å². The van der Waals surface area contributed by atoms with Crippen molar-refractivity contribution in [2.75, 3.05) is 72.4 Å². The zero-order valence-corrected chi connectivity index (χ0v) is 52.8. The fourth-order valence-corrected chi connectivity index (χ4v) is 9.53. The van der Waals surface area contributed by atoms with E-state index >= 15 is 0 Å². The highest BCUT2D eigenvalue weighted by molar-refractivity contribution is 6.02. The molecule has 5 N–H and O–H groups in total. The number of nitrogens with zero attached hydrogens (tertiary/aromatic N) is 2. The Labute approximate surface area is 516 Å². The highest BCUT2D eigenvalue weighted by Gasteiger charge is 2.34. The van der Waals surface area contributed by atoms with Crippen LogP contribution in [-0.2, 0) is 81.4 Å². The molecule has 0 aromatic carbocycles. The van der Waals surface area contributed by atoms with Gasteiger partial charge in [0.2, 0.25) is 29.5 Å². The first kappa shape index (κ1) is 77.2. The van der Waals surface area contributed by atoms with Crippen LogP contribution in [0.3, 0.4) is 0 Å². The van der Waals surface area contributed by atoms with Gasteiger partial charge in [-0.2, -0.15) is 0 Å². The van der Waals surface area contributed by atoms with Gasteiger partial charge in [0.25, 0.3) is 23.6 Å². The van der Waals surface area contributed by atoms with Crippen molar-refractivity contribution >= 4 is 70.9 Å². The van der Waals surface area contributed by atoms with Gasteiger partial charge in [-0.25, -0.2) is 9.59 Å². The van der Waals surface area contributed by atoms with Crippen LogP contribution in [0.2, 0.25) is 0 Å². The predicted octanol–water partition coefficient (Wildman–Crippen LogP) is 7.30. The van der Waals surface area contributed by atoms with E-state index in [0.29, 0.717) is 75.0 Å². The summed E-state index contributed by atoms with van der Waals surface area (Å²) in [6.07, 6.45) is 24.4. The molecule has 0 bridgehead atoms. The van der Waals surface area contributed by atoms with Gasteiger partial charge in [0.15, 0.2) is 0 Å². The van der Waals surface area contributed by atoms with Gasteiger partial charge in [0.1, 0.15) is 5.78 Å². The largest absolute Gasteiger partial charge is 0.380 e. The average molecular weight is 1230 g/mol. The Morgan fingerprint density at radius 1 is 0.333 bits per heavy atom. The molecule has 0 aromatic rings. The lowest BCUT2D eigenvalue weighted by molar-refractivity contribution is -0.197. The topological polar surface area (TPSA) is 318 Å². The summed E-state index contributed by atoms with van der Waals surface area (Å²) in [6.45, 7) is 7.71. The average Bonchev–Trinajstić information content (AvgIpc) is 3.66. The summed E-state index contributed by atoms with van der Waals surface area (Å²) in [5.41, 5.74) is -0.620. The molecule has 9 amide bonds. The maximum Gasteiger partial charge on any atom is 0.333 e. The summed E-state index contributed by atoms with van der Waals surface area (Å²) in [5.74, 6) is -3.17. The Kier molecular flexibility index (Phi) is 44.4. The lowest BCUT2D eigenvalue weighted by Gasteiger charge is -2.29. The number of hydrogen-bond acceptors (Lipinski definition) is 17. The molecule has 0 aromatic heterocycles. The zero-order chi connectivity index (χ0) is 63.6. The molecule has 0 saturated carbocycles. The minimum Gasteiger partial charge on any atom is -0.380 e. The summed E-state index contributed by atoms with van der Waals surface area (Å²) in [5, 5.41) is 15.9. The highest BCUT2D eigenvalue weighted by atomic mass is 16.7. The molecule has 0 spiro atoms. The second kappa shape index (κ2) is 50.0. The Morgan fingerprint density at radius 2 is 0.563 bits per heavy atom. The lowest BCUT2D eigenvalue weighted by atomic mass is 9.94. The Hall–Kier alpha value is -5.88. The molecule has 2 aliphatic heterocycles. The predicted molar refractivity (Wildman–Crippen MR) is 323 cm³/mol. The molecule has 2 aliphatic rings. The number of imide groups is 2. The second-order valence-electron chi connectivity index (χ2n) is 23.3. The van der Waals surface area contributed by atoms with Crippen LogP contribution in [0.4, 0.5) is 0 Å². The van der Waals surface area contributed by atoms with E-state index in [1.54, 1.807) is 6.92 Å². The molecule has 0 radical (unpaired) electrons. The number of amides is 9. The maximum atomic E-state index is 12.6. The van der Waals surface area contributed by atoms with E-state index in [0.717, 1.165) is 148 Å². The van der Waals surface area contributed by atoms with Crippen molar-refractivity contribution in [1.82, 2.24) is 36.7 Å². The number of rotatable bonds is 57. The molecule has 24 nitrogen and oxygen atoms in total. The van der Waals surface area contributed by atoms with Crippen LogP contribution < -0.4 is 26.6 Å². The van der Waals surface area contributed by atoms with Gasteiger partial charge in [-0.3, -0.25) is 43.2 Å². The molecule has 2 saturated heterocycles. The first-order valence-corrected chi connectivity index (χ1v) is 32.7. The number of Topliss-reactive ketones (excluding diaryl/α,β-unsaturated/α-hetero) is 1. The molecule has 496 valence electrons. The van der Waals surface area contributed by atoms with Crippen molar-refractivity contribution in [2.45, 2.75) is 251 Å². The highest BCUT2D eigenvalue weighted by Crippen LogP contribution is 2.20. The van der Waals surface area contributed by atoms with E-state index in [-0.39, 0.29) is 133 Å². The number of nitrogens with one attached hydrogen (secondary N) is 5. The third-order valence-corrected chi connectivity index (χ3v) is 14.8. The number of ketones is 1. The van der Waals surface area contributed by atoms with E-state index in [1.165, 1.54) is 0 Å². The van der Waals surface area contributed by atoms with Crippen molar-refractivity contribution < 1.29 is 81.4 Å². The first-order chi connectivity index (χ1) is 42.0. The first-order valence-electron chi connectivity index (χ1n) is 32.7. The van der Waals surface area contributed by atoms with Crippen LogP contribution in [0.1, 0.15) is 251 Å². The van der Waals surface area contributed by atoms with Gasteiger partial charge in [-0.15, -0.1) is 10.1 Å². The minimum atomic E-state index is -0.620. The van der Waals surface area contributed by atoms with Gasteiger partial charge < -0.3 is 55.3 Å². The van der Waals surface area contributed by atoms with Crippen LogP contribution in [0.5, 0.6) is 0 Å². The van der Waals surface area contributed by atoms with E-state index in [2.05, 4.69) is 26.6 Å². The molecular weight excluding hydrogens is 1130 g/mol. The van der Waals surface area contributed by atoms with Crippen molar-refractivity contribution in [3.05, 3.63) is 0 Å². The smallest absolute Gasteiger partial charge is 0.333 e. The van der Waals surface area contributed by atoms with Gasteiger partial charge in [0.05, 0.1) is 39.6 Å². The number of carbonyl (C=O) groups is 12. The van der Waals surface area contributed by atoms with Gasteiger partial charge in [-0.05, 0) is 71.1 Å². The minimum absolute atomic E-state index is 0.0292. The molecule has 2 rings (SSSR count). The quantitative estimate of drug-likeness (QED) is 0.0295. The van der Waals surface area contributed by atoms with E-state index in [1.807, 2.05) is 6.92 Å². The molecule has 0 unspecified atom stereocenters. The number of ether oxygens (including phenoxy) is 3.